The summed E-state index contributed by atoms with van der Waals surface area (Å²) in [4.78, 5) is 5.37. The van der Waals surface area contributed by atoms with Gasteiger partial charge in [-0.25, -0.2) is 0 Å². The summed E-state index contributed by atoms with van der Waals surface area (Å²) >= 11 is 0. The summed E-state index contributed by atoms with van der Waals surface area (Å²) in [5.74, 6) is 0. The molecule has 0 radical (unpaired) electrons. The van der Waals surface area contributed by atoms with Crippen molar-refractivity contribution in [3.63, 3.8) is 0 Å². The smallest absolute Gasteiger partial charge is 0.186 e. The van der Waals surface area contributed by atoms with Crippen LogP contribution in [0.25, 0.3) is 0 Å². The summed E-state index contributed by atoms with van der Waals surface area (Å²) in [6.45, 7) is 8.40. The van der Waals surface area contributed by atoms with E-state index >= 15 is 0 Å². The summed E-state index contributed by atoms with van der Waals surface area (Å²) in [7, 11) is 1.36. The quantitative estimate of drug-likeness (QED) is 0.519. The minimum Gasteiger partial charge on any atom is -0.393 e. The number of aliphatic hydroxyl groups is 3. The Morgan fingerprint density at radius 1 is 1.08 bits per heavy atom. The molecule has 0 saturated carbocycles. The molecular formula is C16H30N2O6. The van der Waals surface area contributed by atoms with E-state index in [9.17, 15) is 15.3 Å². The lowest BCUT2D eigenvalue weighted by Gasteiger charge is -2.43. The van der Waals surface area contributed by atoms with Crippen LogP contribution in [0.1, 0.15) is 40.5 Å². The Labute approximate surface area is 142 Å². The molecule has 2 saturated heterocycles. The highest BCUT2D eigenvalue weighted by molar-refractivity contribution is 5.87. The number of ether oxygens (including phenoxy) is 2. The molecule has 5 atom stereocenters. The molecular weight excluding hydrogens is 316 g/mol. The van der Waals surface area contributed by atoms with E-state index in [-0.39, 0.29) is 17.7 Å². The van der Waals surface area contributed by atoms with Gasteiger partial charge in [0.2, 0.25) is 0 Å². The van der Waals surface area contributed by atoms with Crippen LogP contribution in [-0.4, -0.2) is 76.5 Å². The molecule has 8 heteroatoms. The Morgan fingerprint density at radius 2 is 1.67 bits per heavy atom. The van der Waals surface area contributed by atoms with Crippen molar-refractivity contribution in [1.82, 2.24) is 5.32 Å². The fourth-order valence-corrected chi connectivity index (χ4v) is 3.60. The first-order valence-corrected chi connectivity index (χ1v) is 8.24. The first kappa shape index (κ1) is 19.6. The van der Waals surface area contributed by atoms with Gasteiger partial charge in [0.25, 0.3) is 0 Å². The number of hydrogen-bond acceptors (Lipinski definition) is 8. The number of piperidine rings is 1. The summed E-state index contributed by atoms with van der Waals surface area (Å²) in [5.41, 5.74) is 0.774. The first-order chi connectivity index (χ1) is 11.0. The second-order valence-electron chi connectivity index (χ2n) is 7.95. The van der Waals surface area contributed by atoms with Crippen molar-refractivity contribution in [3.8, 4) is 0 Å². The van der Waals surface area contributed by atoms with Gasteiger partial charge in [-0.05, 0) is 27.7 Å². The summed E-state index contributed by atoms with van der Waals surface area (Å²) in [6.07, 6.45) is -4.27. The number of oxime groups is 1. The second-order valence-corrected chi connectivity index (χ2v) is 7.95. The minimum absolute atomic E-state index is 0.0391. The first-order valence-electron chi connectivity index (χ1n) is 8.24. The van der Waals surface area contributed by atoms with Gasteiger partial charge in [0.1, 0.15) is 31.0 Å². The molecule has 2 rings (SSSR count). The van der Waals surface area contributed by atoms with Crippen molar-refractivity contribution in [3.05, 3.63) is 0 Å². The average Bonchev–Trinajstić information content (AvgIpc) is 2.44. The molecule has 0 aromatic heterocycles. The van der Waals surface area contributed by atoms with Crippen LogP contribution >= 0.6 is 0 Å². The molecule has 0 spiro atoms. The van der Waals surface area contributed by atoms with Crippen LogP contribution < -0.4 is 5.32 Å². The molecule has 2 aliphatic rings. The minimum atomic E-state index is -1.36. The average molecular weight is 346 g/mol. The maximum atomic E-state index is 10.00. The van der Waals surface area contributed by atoms with Crippen LogP contribution in [0.4, 0.5) is 0 Å². The lowest BCUT2D eigenvalue weighted by molar-refractivity contribution is -0.296. The molecule has 0 aromatic carbocycles. The predicted molar refractivity (Wildman–Crippen MR) is 87.6 cm³/mol. The SMILES string of the molecule is COC1OC(CON=C2CC(C)(C)NC(C)(C)C2)C(O)C(O)C1O. The van der Waals surface area contributed by atoms with Gasteiger partial charge in [0, 0.05) is 31.0 Å². The lowest BCUT2D eigenvalue weighted by Crippen LogP contribution is -2.59. The third-order valence-corrected chi connectivity index (χ3v) is 4.30. The molecule has 0 amide bonds. The van der Waals surface area contributed by atoms with Gasteiger partial charge in [0.15, 0.2) is 6.29 Å². The van der Waals surface area contributed by atoms with Gasteiger partial charge >= 0.3 is 0 Å². The van der Waals surface area contributed by atoms with E-state index in [4.69, 9.17) is 14.3 Å². The Bertz CT molecular complexity index is 447. The molecule has 0 bridgehead atoms. The molecule has 0 aliphatic carbocycles. The highest BCUT2D eigenvalue weighted by atomic mass is 16.7. The lowest BCUT2D eigenvalue weighted by atomic mass is 9.81. The fourth-order valence-electron chi connectivity index (χ4n) is 3.60. The maximum absolute atomic E-state index is 10.00. The molecule has 4 N–H and O–H groups in total. The van der Waals surface area contributed by atoms with Gasteiger partial charge in [0.05, 0.1) is 5.71 Å². The van der Waals surface area contributed by atoms with Crippen LogP contribution in [-0.2, 0) is 14.3 Å². The Hall–Kier alpha value is -0.770. The van der Waals surface area contributed by atoms with Crippen molar-refractivity contribution in [1.29, 1.82) is 0 Å². The van der Waals surface area contributed by atoms with Crippen LogP contribution in [0.5, 0.6) is 0 Å². The molecule has 8 nitrogen and oxygen atoms in total. The predicted octanol–water partition coefficient (Wildman–Crippen LogP) is -0.246. The van der Waals surface area contributed by atoms with Gasteiger partial charge in [-0.3, -0.25) is 0 Å². The maximum Gasteiger partial charge on any atom is 0.186 e. The monoisotopic (exact) mass is 346 g/mol. The summed E-state index contributed by atoms with van der Waals surface area (Å²) < 4.78 is 10.4. The van der Waals surface area contributed by atoms with Crippen LogP contribution in [0.15, 0.2) is 5.16 Å². The van der Waals surface area contributed by atoms with Crippen molar-refractivity contribution in [2.45, 2.75) is 82.3 Å². The van der Waals surface area contributed by atoms with Crippen LogP contribution in [0.2, 0.25) is 0 Å². The van der Waals surface area contributed by atoms with Gasteiger partial charge in [-0.1, -0.05) is 5.16 Å². The number of rotatable bonds is 4. The van der Waals surface area contributed by atoms with E-state index in [0.29, 0.717) is 0 Å². The van der Waals surface area contributed by atoms with Crippen LogP contribution in [0, 0.1) is 0 Å². The molecule has 2 fully saturated rings. The zero-order chi connectivity index (χ0) is 18.1. The zero-order valence-electron chi connectivity index (χ0n) is 15.0. The molecule has 24 heavy (non-hydrogen) atoms. The zero-order valence-corrected chi connectivity index (χ0v) is 15.0. The molecule has 140 valence electrons. The second kappa shape index (κ2) is 7.23. The molecule has 2 aliphatic heterocycles. The Balaban J connectivity index is 1.95. The standard InChI is InChI=1S/C16H30N2O6/c1-15(2)6-9(7-16(3,4)18-15)17-23-8-10-11(19)12(20)13(21)14(22-5)24-10/h10-14,18-21H,6-8H2,1-5H3. The van der Waals surface area contributed by atoms with Crippen LogP contribution in [0.3, 0.4) is 0 Å². The number of aliphatic hydroxyl groups excluding tert-OH is 3. The molecule has 0 aromatic rings. The Kier molecular flexibility index (Phi) is 5.89. The van der Waals surface area contributed by atoms with E-state index in [2.05, 4.69) is 38.2 Å². The summed E-state index contributed by atoms with van der Waals surface area (Å²) in [6, 6.07) is 0. The number of nitrogens with one attached hydrogen (secondary N) is 1. The normalized spacial score (nSPS) is 38.7. The summed E-state index contributed by atoms with van der Waals surface area (Å²) in [5, 5.41) is 37.3. The topological polar surface area (TPSA) is 113 Å². The number of nitrogens with zero attached hydrogens (tertiary/aromatic N) is 1. The van der Waals surface area contributed by atoms with Gasteiger partial charge in [-0.15, -0.1) is 0 Å². The third kappa shape index (κ3) is 4.65. The number of hydrogen-bond donors (Lipinski definition) is 4. The van der Waals surface area contributed by atoms with Crippen molar-refractivity contribution >= 4 is 5.71 Å². The van der Waals surface area contributed by atoms with Crippen molar-refractivity contribution in [2.24, 2.45) is 5.16 Å². The van der Waals surface area contributed by atoms with E-state index in [1.807, 2.05) is 0 Å². The van der Waals surface area contributed by atoms with Gasteiger partial charge in [-0.2, -0.15) is 0 Å². The number of methoxy groups -OCH3 is 1. The molecule has 2 heterocycles. The Morgan fingerprint density at radius 3 is 2.21 bits per heavy atom. The van der Waals surface area contributed by atoms with Crippen molar-refractivity contribution in [2.75, 3.05) is 13.7 Å². The van der Waals surface area contributed by atoms with E-state index in [1.165, 1.54) is 7.11 Å². The largest absolute Gasteiger partial charge is 0.393 e. The van der Waals surface area contributed by atoms with Gasteiger partial charge < -0.3 is 34.9 Å². The van der Waals surface area contributed by atoms with Crippen molar-refractivity contribution < 1.29 is 29.6 Å². The fraction of sp³-hybridized carbons (Fsp3) is 0.938. The highest BCUT2D eigenvalue weighted by Gasteiger charge is 2.44. The van der Waals surface area contributed by atoms with E-state index in [1.54, 1.807) is 0 Å². The van der Waals surface area contributed by atoms with E-state index < -0.39 is 30.7 Å². The molecule has 5 unspecified atom stereocenters. The third-order valence-electron chi connectivity index (χ3n) is 4.30. The van der Waals surface area contributed by atoms with E-state index in [0.717, 1.165) is 18.6 Å². The highest BCUT2D eigenvalue weighted by Crippen LogP contribution is 2.27.